The van der Waals surface area contributed by atoms with Crippen LogP contribution in [-0.2, 0) is 5.41 Å². The molecule has 0 radical (unpaired) electrons. The number of halogens is 2. The van der Waals surface area contributed by atoms with E-state index in [-0.39, 0.29) is 5.41 Å². The van der Waals surface area contributed by atoms with E-state index in [0.29, 0.717) is 0 Å². The summed E-state index contributed by atoms with van der Waals surface area (Å²) in [5.74, 6) is 0. The maximum atomic E-state index is 6.23. The van der Waals surface area contributed by atoms with Crippen LogP contribution < -0.4 is 0 Å². The van der Waals surface area contributed by atoms with Crippen molar-refractivity contribution in [3.05, 3.63) is 69.2 Å². The standard InChI is InChI=1S/C19H14BrCl/c1-19(2)15-9-11(21)7-8-14(15)18-13-6-4-3-5-12(13)17(20)10-16(18)19/h3-10H,1-2H3. The van der Waals surface area contributed by atoms with Gasteiger partial charge < -0.3 is 0 Å². The van der Waals surface area contributed by atoms with E-state index < -0.39 is 0 Å². The van der Waals surface area contributed by atoms with Gasteiger partial charge >= 0.3 is 0 Å². The second-order valence-electron chi connectivity index (χ2n) is 6.14. The summed E-state index contributed by atoms with van der Waals surface area (Å²) in [5, 5.41) is 3.36. The first-order chi connectivity index (χ1) is 10.00. The lowest BCUT2D eigenvalue weighted by molar-refractivity contribution is 0.660. The molecule has 21 heavy (non-hydrogen) atoms. The molecule has 0 aromatic heterocycles. The Morgan fingerprint density at radius 2 is 1.62 bits per heavy atom. The molecule has 0 bridgehead atoms. The van der Waals surface area contributed by atoms with Gasteiger partial charge in [0, 0.05) is 14.9 Å². The molecule has 3 aromatic carbocycles. The third-order valence-electron chi connectivity index (χ3n) is 4.59. The summed E-state index contributed by atoms with van der Waals surface area (Å²) in [7, 11) is 0. The fourth-order valence-corrected chi connectivity index (χ4v) is 4.26. The van der Waals surface area contributed by atoms with Crippen molar-refractivity contribution in [3.8, 4) is 11.1 Å². The Morgan fingerprint density at radius 1 is 0.905 bits per heavy atom. The highest BCUT2D eigenvalue weighted by Crippen LogP contribution is 2.52. The van der Waals surface area contributed by atoms with E-state index in [0.717, 1.165) is 9.50 Å². The van der Waals surface area contributed by atoms with Crippen LogP contribution in [0.2, 0.25) is 5.02 Å². The van der Waals surface area contributed by atoms with Gasteiger partial charge in [0.1, 0.15) is 0 Å². The summed E-state index contributed by atoms with van der Waals surface area (Å²) in [6.07, 6.45) is 0. The van der Waals surface area contributed by atoms with Gasteiger partial charge in [-0.05, 0) is 51.2 Å². The Bertz CT molecular complexity index is 893. The summed E-state index contributed by atoms with van der Waals surface area (Å²) in [6, 6.07) is 17.1. The molecule has 0 saturated carbocycles. The first-order valence-corrected chi connectivity index (χ1v) is 8.19. The van der Waals surface area contributed by atoms with Crippen LogP contribution in [0.25, 0.3) is 21.9 Å². The maximum absolute atomic E-state index is 6.23. The molecule has 4 rings (SSSR count). The van der Waals surface area contributed by atoms with Crippen LogP contribution in [0.5, 0.6) is 0 Å². The minimum Gasteiger partial charge on any atom is -0.0843 e. The van der Waals surface area contributed by atoms with Crippen molar-refractivity contribution in [3.63, 3.8) is 0 Å². The molecular weight excluding hydrogens is 344 g/mol. The summed E-state index contributed by atoms with van der Waals surface area (Å²) in [4.78, 5) is 0. The van der Waals surface area contributed by atoms with Gasteiger partial charge in [0.25, 0.3) is 0 Å². The van der Waals surface area contributed by atoms with Crippen LogP contribution in [0.1, 0.15) is 25.0 Å². The lowest BCUT2D eigenvalue weighted by atomic mass is 9.82. The van der Waals surface area contributed by atoms with Crippen LogP contribution in [0, 0.1) is 0 Å². The number of hydrogen-bond donors (Lipinski definition) is 0. The zero-order valence-electron chi connectivity index (χ0n) is 11.9. The molecule has 0 amide bonds. The van der Waals surface area contributed by atoms with Crippen molar-refractivity contribution < 1.29 is 0 Å². The highest BCUT2D eigenvalue weighted by molar-refractivity contribution is 9.10. The molecule has 3 aromatic rings. The van der Waals surface area contributed by atoms with E-state index in [4.69, 9.17) is 11.6 Å². The predicted octanol–water partition coefficient (Wildman–Crippen LogP) is 6.56. The Kier molecular flexibility index (Phi) is 2.76. The van der Waals surface area contributed by atoms with Gasteiger partial charge in [-0.25, -0.2) is 0 Å². The first-order valence-electron chi connectivity index (χ1n) is 7.02. The molecule has 2 heteroatoms. The van der Waals surface area contributed by atoms with Crippen molar-refractivity contribution in [2.75, 3.05) is 0 Å². The van der Waals surface area contributed by atoms with Crippen molar-refractivity contribution in [1.29, 1.82) is 0 Å². The predicted molar refractivity (Wildman–Crippen MR) is 94.2 cm³/mol. The van der Waals surface area contributed by atoms with Crippen LogP contribution in [0.15, 0.2) is 53.0 Å². The lowest BCUT2D eigenvalue weighted by Gasteiger charge is -2.22. The molecule has 0 fully saturated rings. The highest BCUT2D eigenvalue weighted by atomic mass is 79.9. The molecule has 0 heterocycles. The van der Waals surface area contributed by atoms with Crippen molar-refractivity contribution >= 4 is 38.3 Å². The Morgan fingerprint density at radius 3 is 2.38 bits per heavy atom. The third-order valence-corrected chi connectivity index (χ3v) is 5.48. The fourth-order valence-electron chi connectivity index (χ4n) is 3.51. The second kappa shape index (κ2) is 4.34. The second-order valence-corrected chi connectivity index (χ2v) is 7.43. The van der Waals surface area contributed by atoms with Gasteiger partial charge in [0.05, 0.1) is 0 Å². The number of fused-ring (bicyclic) bond motifs is 5. The normalized spacial score (nSPS) is 15.0. The SMILES string of the molecule is CC1(C)c2cc(Cl)ccc2-c2c1cc(Br)c1ccccc21. The van der Waals surface area contributed by atoms with Crippen LogP contribution >= 0.6 is 27.5 Å². The van der Waals surface area contributed by atoms with E-state index in [1.165, 1.54) is 33.0 Å². The summed E-state index contributed by atoms with van der Waals surface area (Å²) in [6.45, 7) is 4.55. The number of hydrogen-bond acceptors (Lipinski definition) is 0. The quantitative estimate of drug-likeness (QED) is 0.427. The molecule has 0 aliphatic heterocycles. The molecule has 0 unspecified atom stereocenters. The molecule has 0 spiro atoms. The topological polar surface area (TPSA) is 0 Å². The van der Waals surface area contributed by atoms with Gasteiger partial charge in [0.2, 0.25) is 0 Å². The molecule has 1 aliphatic rings. The Labute approximate surface area is 137 Å². The van der Waals surface area contributed by atoms with Crippen LogP contribution in [0.3, 0.4) is 0 Å². The van der Waals surface area contributed by atoms with Gasteiger partial charge in [-0.3, -0.25) is 0 Å². The zero-order chi connectivity index (χ0) is 14.8. The van der Waals surface area contributed by atoms with Crippen molar-refractivity contribution in [1.82, 2.24) is 0 Å². The minimum atomic E-state index is -0.0257. The Balaban J connectivity index is 2.22. The maximum Gasteiger partial charge on any atom is 0.0409 e. The van der Waals surface area contributed by atoms with E-state index >= 15 is 0 Å². The molecular formula is C19H14BrCl. The van der Waals surface area contributed by atoms with Crippen LogP contribution in [0.4, 0.5) is 0 Å². The molecule has 0 N–H and O–H groups in total. The van der Waals surface area contributed by atoms with Crippen LogP contribution in [-0.4, -0.2) is 0 Å². The number of rotatable bonds is 0. The zero-order valence-corrected chi connectivity index (χ0v) is 14.2. The molecule has 1 aliphatic carbocycles. The van der Waals surface area contributed by atoms with E-state index in [2.05, 4.69) is 72.2 Å². The van der Waals surface area contributed by atoms with E-state index in [1.54, 1.807) is 0 Å². The highest BCUT2D eigenvalue weighted by Gasteiger charge is 2.36. The molecule has 0 nitrogen and oxygen atoms in total. The van der Waals surface area contributed by atoms with E-state index in [1.807, 2.05) is 6.07 Å². The fraction of sp³-hybridized carbons (Fsp3) is 0.158. The number of benzene rings is 3. The molecule has 0 atom stereocenters. The lowest BCUT2D eigenvalue weighted by Crippen LogP contribution is -2.15. The molecule has 0 saturated heterocycles. The van der Waals surface area contributed by atoms with Gasteiger partial charge in [-0.2, -0.15) is 0 Å². The van der Waals surface area contributed by atoms with Gasteiger partial charge in [-0.1, -0.05) is 71.7 Å². The monoisotopic (exact) mass is 356 g/mol. The first kappa shape index (κ1) is 13.4. The van der Waals surface area contributed by atoms with E-state index in [9.17, 15) is 0 Å². The molecule has 104 valence electrons. The summed E-state index contributed by atoms with van der Waals surface area (Å²) < 4.78 is 1.16. The van der Waals surface area contributed by atoms with Gasteiger partial charge in [0.15, 0.2) is 0 Å². The summed E-state index contributed by atoms with van der Waals surface area (Å²) >= 11 is 9.97. The minimum absolute atomic E-state index is 0.0257. The van der Waals surface area contributed by atoms with Crippen molar-refractivity contribution in [2.45, 2.75) is 19.3 Å². The third kappa shape index (κ3) is 1.74. The smallest absolute Gasteiger partial charge is 0.0409 e. The summed E-state index contributed by atoms with van der Waals surface area (Å²) in [5.41, 5.74) is 5.31. The average Bonchev–Trinajstić information content (AvgIpc) is 2.68. The van der Waals surface area contributed by atoms with Crippen molar-refractivity contribution in [2.24, 2.45) is 0 Å². The van der Waals surface area contributed by atoms with Gasteiger partial charge in [-0.15, -0.1) is 0 Å². The Hall–Kier alpha value is -1.31. The average molecular weight is 358 g/mol. The largest absolute Gasteiger partial charge is 0.0843 e.